The van der Waals surface area contributed by atoms with Crippen molar-refractivity contribution in [1.29, 1.82) is 0 Å². The average molecular weight is 1320 g/mol. The van der Waals surface area contributed by atoms with Crippen molar-refractivity contribution in [2.75, 3.05) is 53.5 Å². The van der Waals surface area contributed by atoms with E-state index in [1.807, 2.05) is 163 Å². The van der Waals surface area contributed by atoms with Gasteiger partial charge >= 0.3 is 6.09 Å². The van der Waals surface area contributed by atoms with Crippen LogP contribution in [-0.2, 0) is 57.7 Å². The minimum absolute atomic E-state index is 0. The van der Waals surface area contributed by atoms with Crippen LogP contribution in [0.15, 0.2) is 188 Å². The molecular weight excluding hydrogens is 1220 g/mol. The number of ether oxygens (including phenoxy) is 3. The summed E-state index contributed by atoms with van der Waals surface area (Å²) in [6.45, 7) is 13.0. The quantitative estimate of drug-likeness (QED) is 0.0169. The summed E-state index contributed by atoms with van der Waals surface area (Å²) in [7, 11) is 3.28. The summed E-state index contributed by atoms with van der Waals surface area (Å²) in [5.74, 6) is 0.827. The van der Waals surface area contributed by atoms with Gasteiger partial charge in [0.15, 0.2) is 0 Å². The largest absolute Gasteiger partial charge is 0.497 e. The fraction of sp³-hybridized carbons (Fsp3) is 0.342. The second kappa shape index (κ2) is 41.2. The molecule has 0 aliphatic rings. The Kier molecular flexibility index (Phi) is 34.0. The topological polar surface area (TPSA) is 206 Å². The molecular formula is C73H93N8O8Pd-. The van der Waals surface area contributed by atoms with Gasteiger partial charge in [0.25, 0.3) is 23.6 Å². The number of nitrogens with one attached hydrogen (secondary N) is 5. The first kappa shape index (κ1) is 74.3. The van der Waals surface area contributed by atoms with Gasteiger partial charge in [-0.25, -0.2) is 4.79 Å². The molecule has 0 aliphatic heterocycles. The van der Waals surface area contributed by atoms with E-state index in [1.165, 1.54) is 0 Å². The Morgan fingerprint density at radius 3 is 1.24 bits per heavy atom. The van der Waals surface area contributed by atoms with Crippen molar-refractivity contribution < 1.29 is 58.6 Å². The van der Waals surface area contributed by atoms with Crippen LogP contribution in [0.3, 0.4) is 0 Å². The van der Waals surface area contributed by atoms with Gasteiger partial charge in [0, 0.05) is 107 Å². The molecule has 0 radical (unpaired) electrons. The molecule has 0 saturated carbocycles. The van der Waals surface area contributed by atoms with Crippen LogP contribution in [-0.4, -0.2) is 117 Å². The molecule has 17 heteroatoms. The smallest absolute Gasteiger partial charge is 0.407 e. The number of benzene rings is 7. The van der Waals surface area contributed by atoms with Crippen molar-refractivity contribution in [1.82, 2.24) is 36.4 Å². The summed E-state index contributed by atoms with van der Waals surface area (Å²) in [5, 5.41) is 16.2. The number of methoxy groups -OCH3 is 2. The van der Waals surface area contributed by atoms with Gasteiger partial charge in [-0.2, -0.15) is 0 Å². The molecule has 7 N–H and O–H groups in total. The number of alkyl carbamates (subject to hydrolysis) is 1. The van der Waals surface area contributed by atoms with Crippen molar-refractivity contribution in [3.8, 4) is 11.5 Å². The fourth-order valence-corrected chi connectivity index (χ4v) is 10.2. The third kappa shape index (κ3) is 25.0. The molecule has 0 fully saturated rings. The van der Waals surface area contributed by atoms with Crippen molar-refractivity contribution in [3.05, 3.63) is 246 Å². The van der Waals surface area contributed by atoms with Gasteiger partial charge in [0.1, 0.15) is 18.1 Å². The number of nitrogens with zero attached hydrogens (tertiary/aromatic N) is 2. The number of carbonyl (C=O) groups is 5. The molecule has 484 valence electrons. The maximum Gasteiger partial charge on any atom is 0.407 e. The van der Waals surface area contributed by atoms with Gasteiger partial charge in [-0.1, -0.05) is 155 Å². The maximum absolute atomic E-state index is 13.9. The summed E-state index contributed by atoms with van der Waals surface area (Å²) < 4.78 is 16.3. The Morgan fingerprint density at radius 1 is 0.433 bits per heavy atom. The van der Waals surface area contributed by atoms with Crippen molar-refractivity contribution >= 4 is 29.7 Å². The van der Waals surface area contributed by atoms with Crippen LogP contribution in [0.1, 0.15) is 123 Å². The molecule has 0 heterocycles. The molecule has 7 aromatic carbocycles. The third-order valence-electron chi connectivity index (χ3n) is 14.7. The molecule has 0 spiro atoms. The van der Waals surface area contributed by atoms with E-state index in [0.29, 0.717) is 87.5 Å². The van der Waals surface area contributed by atoms with Crippen molar-refractivity contribution in [2.45, 2.75) is 110 Å². The summed E-state index contributed by atoms with van der Waals surface area (Å²) in [4.78, 5) is 70.6. The number of amides is 5. The van der Waals surface area contributed by atoms with Gasteiger partial charge in [0.2, 0.25) is 0 Å². The van der Waals surface area contributed by atoms with Gasteiger partial charge in [0.05, 0.1) is 26.3 Å². The Morgan fingerprint density at radius 2 is 0.811 bits per heavy atom. The van der Waals surface area contributed by atoms with E-state index in [-0.39, 0.29) is 70.2 Å². The predicted molar refractivity (Wildman–Crippen MR) is 356 cm³/mol. The van der Waals surface area contributed by atoms with Crippen LogP contribution in [0.25, 0.3) is 0 Å². The van der Waals surface area contributed by atoms with Gasteiger partial charge in [-0.05, 0) is 127 Å². The van der Waals surface area contributed by atoms with Gasteiger partial charge in [-0.3, -0.25) is 19.2 Å². The average Bonchev–Trinajstić information content (AvgIpc) is 2.91. The first-order chi connectivity index (χ1) is 42.8. The maximum atomic E-state index is 13.9. The molecule has 16 nitrogen and oxygen atoms in total. The van der Waals surface area contributed by atoms with Crippen LogP contribution in [0, 0.1) is 7.43 Å². The fourth-order valence-electron chi connectivity index (χ4n) is 10.2. The molecule has 0 saturated heterocycles. The number of nitrogens with two attached hydrogens (primary N) is 1. The number of hydrogen-bond donors (Lipinski definition) is 6. The first-order valence-corrected chi connectivity index (χ1v) is 30.7. The molecule has 7 rings (SSSR count). The molecule has 0 aliphatic carbocycles. The third-order valence-corrected chi connectivity index (χ3v) is 14.7. The normalized spacial score (nSPS) is 11.9. The SMILES string of the molecule is CCCN(CCC)C(=O)c1cccc(C(=O)N[C@@H](Cc2ccccc2)C(CNCc2cccc(OC)c2)NC(=O)OCc2ccccc2)c1.CCCN(CCC)C(=O)c1cccc(C(=O)N[C@@H](Cc2ccccc2)C(N)CNCc2cccc(OC)c2)c1.[CH3-].[Pd]. The Labute approximate surface area is 548 Å². The van der Waals surface area contributed by atoms with Gasteiger partial charge < -0.3 is 63.8 Å². The molecule has 2 unspecified atom stereocenters. The van der Waals surface area contributed by atoms with Crippen LogP contribution < -0.4 is 41.8 Å². The van der Waals surface area contributed by atoms with E-state index in [2.05, 4.69) is 40.4 Å². The van der Waals surface area contributed by atoms with E-state index in [9.17, 15) is 24.0 Å². The zero-order valence-corrected chi connectivity index (χ0v) is 54.9. The van der Waals surface area contributed by atoms with Crippen LogP contribution in [0.5, 0.6) is 11.5 Å². The summed E-state index contributed by atoms with van der Waals surface area (Å²) >= 11 is 0. The second-order valence-corrected chi connectivity index (χ2v) is 21.7. The molecule has 7 aromatic rings. The van der Waals surface area contributed by atoms with E-state index in [0.717, 1.165) is 65.0 Å². The summed E-state index contributed by atoms with van der Waals surface area (Å²) in [6, 6.07) is 56.9. The molecule has 90 heavy (non-hydrogen) atoms. The monoisotopic (exact) mass is 1320 g/mol. The van der Waals surface area contributed by atoms with Crippen LogP contribution in [0.2, 0.25) is 0 Å². The number of hydrogen-bond acceptors (Lipinski definition) is 11. The molecule has 5 amide bonds. The number of carbonyl (C=O) groups excluding carboxylic acids is 5. The first-order valence-electron chi connectivity index (χ1n) is 30.7. The summed E-state index contributed by atoms with van der Waals surface area (Å²) in [5.41, 5.74) is 13.5. The molecule has 0 bridgehead atoms. The van der Waals surface area contributed by atoms with Crippen molar-refractivity contribution in [2.24, 2.45) is 5.73 Å². The van der Waals surface area contributed by atoms with Crippen LogP contribution >= 0.6 is 0 Å². The standard InChI is InChI=1S/C40H48N4O5.C32H42N4O3.CH3.Pd/c1-4-22-44(23-5-2)39(46)34-20-13-19-33(26-34)38(45)42-36(25-30-14-8-6-9-15-30)37(28-41-27-32-18-12-21-35(24-32)48-3)43-40(47)49-29-31-16-10-7-11-17-31;1-4-17-36(18-5-2)32(38)27-15-10-14-26(21-27)31(37)35-30(20-24-11-7-6-8-12-24)29(33)23-34-22-25-13-9-16-28(19-25)39-3;;/h6-21,24,26,36-37,41H,4-5,22-23,25,27-29H2,1-3H3,(H,42,45)(H,43,47);6-16,19,21,29-30,34H,4-5,17-18,20,22-23,33H2,1-3H3,(H,35,37);1H3;/q;;-1;/t36-,37?;29?,30-;;/m00../s1. The number of rotatable bonds is 33. The van der Waals surface area contributed by atoms with Crippen LogP contribution in [0.4, 0.5) is 4.79 Å². The van der Waals surface area contributed by atoms with E-state index < -0.39 is 18.2 Å². The Balaban J connectivity index is 0.000000385. The molecule has 0 aromatic heterocycles. The minimum Gasteiger partial charge on any atom is -0.497 e. The second-order valence-electron chi connectivity index (χ2n) is 21.7. The zero-order chi connectivity index (χ0) is 62.9. The van der Waals surface area contributed by atoms with Gasteiger partial charge in [-0.15, -0.1) is 0 Å². The minimum atomic E-state index is -0.594. The summed E-state index contributed by atoms with van der Waals surface area (Å²) in [6.07, 6.45) is 3.91. The van der Waals surface area contributed by atoms with E-state index in [1.54, 1.807) is 62.8 Å². The van der Waals surface area contributed by atoms with Crippen molar-refractivity contribution in [3.63, 3.8) is 0 Å². The van der Waals surface area contributed by atoms with E-state index >= 15 is 0 Å². The Hall–Kier alpha value is -8.17. The zero-order valence-electron chi connectivity index (χ0n) is 53.4. The Bertz CT molecular complexity index is 3220. The molecule has 4 atom stereocenters. The van der Waals surface area contributed by atoms with E-state index in [4.69, 9.17) is 19.9 Å². The predicted octanol–water partition coefficient (Wildman–Crippen LogP) is 11.2.